The molecule has 1 aromatic carbocycles. The molecule has 6 unspecified atom stereocenters. The molecule has 3 fully saturated rings. The molecule has 2 saturated heterocycles. The van der Waals surface area contributed by atoms with Gasteiger partial charge in [-0.05, 0) is 31.2 Å². The van der Waals surface area contributed by atoms with Crippen LogP contribution in [0.4, 0.5) is 0 Å². The van der Waals surface area contributed by atoms with Crippen LogP contribution < -0.4 is 5.32 Å². The van der Waals surface area contributed by atoms with Gasteiger partial charge in [0.25, 0.3) is 11.8 Å². The zero-order valence-corrected chi connectivity index (χ0v) is 20.0. The van der Waals surface area contributed by atoms with Crippen LogP contribution in [0.2, 0.25) is 0 Å². The zero-order chi connectivity index (χ0) is 23.2. The van der Waals surface area contributed by atoms with Crippen molar-refractivity contribution in [1.29, 1.82) is 0 Å². The highest BCUT2D eigenvalue weighted by atomic mass is 79.9. The number of hydrogen-bond acceptors (Lipinski definition) is 5. The first-order chi connectivity index (χ1) is 15.1. The first kappa shape index (κ1) is 21.9. The number of phenols is 1. The Morgan fingerprint density at radius 1 is 1.16 bits per heavy atom. The van der Waals surface area contributed by atoms with Crippen molar-refractivity contribution < 1.29 is 24.3 Å². The summed E-state index contributed by atoms with van der Waals surface area (Å²) in [5.74, 6) is -4.95. The van der Waals surface area contributed by atoms with Gasteiger partial charge in [-0.15, -0.1) is 23.2 Å². The van der Waals surface area contributed by atoms with E-state index in [4.69, 9.17) is 23.2 Å². The lowest BCUT2D eigenvalue weighted by molar-refractivity contribution is -0.138. The van der Waals surface area contributed by atoms with E-state index in [1.165, 1.54) is 0 Å². The van der Waals surface area contributed by atoms with Crippen molar-refractivity contribution in [2.24, 2.45) is 17.8 Å². The van der Waals surface area contributed by atoms with Gasteiger partial charge in [0, 0.05) is 11.5 Å². The average Bonchev–Trinajstić information content (AvgIpc) is 3.12. The quantitative estimate of drug-likeness (QED) is 0.259. The van der Waals surface area contributed by atoms with Crippen molar-refractivity contribution >= 4 is 62.8 Å². The van der Waals surface area contributed by atoms with E-state index in [0.29, 0.717) is 23.1 Å². The molecular formula is C22H19BrCl2N2O5. The van der Waals surface area contributed by atoms with Crippen LogP contribution in [0.3, 0.4) is 0 Å². The second kappa shape index (κ2) is 7.05. The number of nitrogens with zero attached hydrogens (tertiary/aromatic N) is 1. The molecule has 4 aliphatic rings. The fourth-order valence-corrected chi connectivity index (χ4v) is 7.34. The molecule has 2 N–H and O–H groups in total. The molecule has 4 amide bonds. The fourth-order valence-electron chi connectivity index (χ4n) is 5.92. The molecule has 2 aliphatic heterocycles. The maximum atomic E-state index is 13.5. The molecule has 5 rings (SSSR count). The summed E-state index contributed by atoms with van der Waals surface area (Å²) in [6.07, 6.45) is 2.05. The second-order valence-electron chi connectivity index (χ2n) is 8.85. The maximum absolute atomic E-state index is 13.5. The average molecular weight is 542 g/mol. The van der Waals surface area contributed by atoms with Gasteiger partial charge >= 0.3 is 0 Å². The van der Waals surface area contributed by atoms with Gasteiger partial charge in [0.15, 0.2) is 9.75 Å². The molecule has 0 spiro atoms. The van der Waals surface area contributed by atoms with Crippen molar-refractivity contribution in [3.05, 3.63) is 41.0 Å². The number of para-hydroxylation sites is 1. The normalized spacial score (nSPS) is 38.2. The second-order valence-corrected chi connectivity index (χ2v) is 10.6. The van der Waals surface area contributed by atoms with Crippen LogP contribution in [-0.2, 0) is 19.2 Å². The Hall–Kier alpha value is -1.90. The third-order valence-electron chi connectivity index (χ3n) is 7.44. The number of fused-ring (bicyclic) bond motifs is 4. The summed E-state index contributed by atoms with van der Waals surface area (Å²) in [6, 6.07) is 5.10. The number of allylic oxidation sites excluding steroid dienone is 2. The molecule has 7 nitrogen and oxygen atoms in total. The highest BCUT2D eigenvalue weighted by Gasteiger charge is 2.76. The number of amides is 4. The van der Waals surface area contributed by atoms with Gasteiger partial charge in [-0.2, -0.15) is 0 Å². The summed E-state index contributed by atoms with van der Waals surface area (Å²) in [5, 5.41) is 13.3. The smallest absolute Gasteiger partial charge is 0.254 e. The Kier molecular flexibility index (Phi) is 4.83. The topological polar surface area (TPSA) is 104 Å². The van der Waals surface area contributed by atoms with E-state index in [1.54, 1.807) is 25.1 Å². The summed E-state index contributed by atoms with van der Waals surface area (Å²) in [4.78, 5) is 49.2. The van der Waals surface area contributed by atoms with E-state index in [1.807, 2.05) is 6.08 Å². The third-order valence-corrected chi connectivity index (χ3v) is 9.35. The summed E-state index contributed by atoms with van der Waals surface area (Å²) >= 11 is 17.2. The molecular weight excluding hydrogens is 523 g/mol. The van der Waals surface area contributed by atoms with E-state index in [-0.39, 0.29) is 23.5 Å². The predicted octanol–water partition coefficient (Wildman–Crippen LogP) is 2.70. The van der Waals surface area contributed by atoms with Gasteiger partial charge in [-0.3, -0.25) is 29.4 Å². The van der Waals surface area contributed by atoms with Crippen LogP contribution in [0.5, 0.6) is 5.75 Å². The number of halogens is 3. The van der Waals surface area contributed by atoms with E-state index in [2.05, 4.69) is 21.2 Å². The van der Waals surface area contributed by atoms with Gasteiger partial charge < -0.3 is 5.11 Å². The van der Waals surface area contributed by atoms with Crippen LogP contribution >= 0.6 is 39.1 Å². The number of phenolic OH excluding ortho intramolecular Hbond substituents is 1. The van der Waals surface area contributed by atoms with E-state index in [9.17, 15) is 24.3 Å². The number of alkyl halides is 3. The summed E-state index contributed by atoms with van der Waals surface area (Å²) < 4.78 is 0. The van der Waals surface area contributed by atoms with Crippen LogP contribution in [0.15, 0.2) is 29.8 Å². The van der Waals surface area contributed by atoms with Crippen LogP contribution in [-0.4, -0.2) is 48.8 Å². The van der Waals surface area contributed by atoms with Gasteiger partial charge in [0.2, 0.25) is 11.8 Å². The fraction of sp³-hybridized carbons (Fsp3) is 0.455. The number of rotatable bonds is 2. The SMILES string of the molecule is Cc1cccc(C2C3=CCC4C(=O)NC(=O)C4C3CC3(Cl)C(=O)N(CBr)C(=O)C23Cl)c1O. The first-order valence-corrected chi connectivity index (χ1v) is 12.1. The number of hydrogen-bond donors (Lipinski definition) is 2. The largest absolute Gasteiger partial charge is 0.507 e. The van der Waals surface area contributed by atoms with Crippen molar-refractivity contribution in [2.45, 2.75) is 35.4 Å². The van der Waals surface area contributed by atoms with Gasteiger partial charge in [0.05, 0.1) is 17.3 Å². The molecule has 32 heavy (non-hydrogen) atoms. The number of aryl methyl sites for hydroxylation is 1. The molecule has 168 valence electrons. The highest BCUT2D eigenvalue weighted by Crippen LogP contribution is 2.65. The van der Waals surface area contributed by atoms with Crippen molar-refractivity contribution in [2.75, 3.05) is 5.45 Å². The number of nitrogens with one attached hydrogen (secondary N) is 1. The van der Waals surface area contributed by atoms with Crippen molar-refractivity contribution in [1.82, 2.24) is 10.2 Å². The van der Waals surface area contributed by atoms with Gasteiger partial charge in [-0.1, -0.05) is 45.8 Å². The summed E-state index contributed by atoms with van der Waals surface area (Å²) in [7, 11) is 0. The number of likely N-dealkylation sites (tertiary alicyclic amines) is 1. The molecule has 0 radical (unpaired) electrons. The lowest BCUT2D eigenvalue weighted by Gasteiger charge is -2.50. The van der Waals surface area contributed by atoms with Crippen LogP contribution in [0.25, 0.3) is 0 Å². The number of benzene rings is 1. The number of aromatic hydroxyl groups is 1. The molecule has 2 heterocycles. The Bertz CT molecular complexity index is 1140. The van der Waals surface area contributed by atoms with Crippen LogP contribution in [0.1, 0.15) is 29.9 Å². The minimum absolute atomic E-state index is 0.0512. The zero-order valence-electron chi connectivity index (χ0n) is 16.9. The molecule has 1 aromatic rings. The Morgan fingerprint density at radius 3 is 2.56 bits per heavy atom. The standard InChI is InChI=1S/C22H19BrCl2N2O5/c1-9-3-2-4-12(16(9)28)15-10-5-6-11-14(18(30)26-17(11)29)13(10)7-21(24)19(31)27(8-23)20(32)22(15,21)25/h2-5,11,13-15,28H,6-8H2,1H3,(H,26,29,30). The summed E-state index contributed by atoms with van der Waals surface area (Å²) in [6.45, 7) is 1.72. The van der Waals surface area contributed by atoms with Crippen LogP contribution in [0, 0.1) is 24.7 Å². The lowest BCUT2D eigenvalue weighted by atomic mass is 9.56. The summed E-state index contributed by atoms with van der Waals surface area (Å²) in [5.41, 5.74) is 1.50. The molecule has 1 saturated carbocycles. The predicted molar refractivity (Wildman–Crippen MR) is 119 cm³/mol. The van der Waals surface area contributed by atoms with Crippen molar-refractivity contribution in [3.63, 3.8) is 0 Å². The van der Waals surface area contributed by atoms with E-state index >= 15 is 0 Å². The molecule has 2 aliphatic carbocycles. The Balaban J connectivity index is 1.79. The molecule has 6 atom stereocenters. The minimum Gasteiger partial charge on any atom is -0.507 e. The van der Waals surface area contributed by atoms with E-state index < -0.39 is 51.1 Å². The highest BCUT2D eigenvalue weighted by molar-refractivity contribution is 9.09. The lowest BCUT2D eigenvalue weighted by Crippen LogP contribution is -2.60. The number of carbonyl (C=O) groups is 4. The molecule has 10 heteroatoms. The van der Waals surface area contributed by atoms with Gasteiger partial charge in [-0.25, -0.2) is 0 Å². The third kappa shape index (κ3) is 2.49. The van der Waals surface area contributed by atoms with E-state index in [0.717, 1.165) is 4.90 Å². The monoisotopic (exact) mass is 540 g/mol. The maximum Gasteiger partial charge on any atom is 0.254 e. The minimum atomic E-state index is -1.90. The molecule has 0 bridgehead atoms. The molecule has 0 aromatic heterocycles. The Labute approximate surface area is 202 Å². The Morgan fingerprint density at radius 2 is 1.88 bits per heavy atom. The first-order valence-electron chi connectivity index (χ1n) is 10.2. The number of carbonyl (C=O) groups excluding carboxylic acids is 4. The van der Waals surface area contributed by atoms with Crippen molar-refractivity contribution in [3.8, 4) is 5.75 Å². The number of imide groups is 2. The van der Waals surface area contributed by atoms with Gasteiger partial charge in [0.1, 0.15) is 5.75 Å².